The maximum Gasteiger partial charge on any atom is 0.272 e. The predicted octanol–water partition coefficient (Wildman–Crippen LogP) is 1.14. The quantitative estimate of drug-likeness (QED) is 0.889. The van der Waals surface area contributed by atoms with E-state index in [0.29, 0.717) is 26.2 Å². The average Bonchev–Trinajstić information content (AvgIpc) is 2.61. The molecule has 1 N–H and O–H groups in total. The summed E-state index contributed by atoms with van der Waals surface area (Å²) in [5, 5.41) is 7.08. The summed E-state index contributed by atoms with van der Waals surface area (Å²) >= 11 is 0. The van der Waals surface area contributed by atoms with E-state index in [1.807, 2.05) is 24.3 Å². The highest BCUT2D eigenvalue weighted by atomic mass is 16.5. The van der Waals surface area contributed by atoms with Crippen molar-refractivity contribution in [1.29, 1.82) is 0 Å². The van der Waals surface area contributed by atoms with E-state index >= 15 is 0 Å². The Kier molecular flexibility index (Phi) is 4.90. The van der Waals surface area contributed by atoms with Gasteiger partial charge in [0.1, 0.15) is 11.4 Å². The number of nitrogens with one attached hydrogen (secondary N) is 1. The summed E-state index contributed by atoms with van der Waals surface area (Å²) < 4.78 is 11.8. The van der Waals surface area contributed by atoms with E-state index in [-0.39, 0.29) is 23.2 Å². The summed E-state index contributed by atoms with van der Waals surface area (Å²) in [6.07, 6.45) is 0.687. The molecule has 126 valence electrons. The number of rotatable bonds is 5. The monoisotopic (exact) mass is 329 g/mol. The van der Waals surface area contributed by atoms with Crippen molar-refractivity contribution in [2.24, 2.45) is 0 Å². The predicted molar refractivity (Wildman–Crippen MR) is 87.1 cm³/mol. The highest BCUT2D eigenvalue weighted by Gasteiger charge is 2.23. The molecule has 2 heterocycles. The second kappa shape index (κ2) is 7.27. The summed E-state index contributed by atoms with van der Waals surface area (Å²) in [6.45, 7) is 1.20. The second-order valence-corrected chi connectivity index (χ2v) is 5.47. The number of fused-ring (bicyclic) bond motifs is 1. The van der Waals surface area contributed by atoms with Crippen molar-refractivity contribution in [3.05, 3.63) is 58.0 Å². The lowest BCUT2D eigenvalue weighted by Crippen LogP contribution is -2.34. The molecule has 1 aromatic carbocycles. The van der Waals surface area contributed by atoms with Crippen molar-refractivity contribution in [1.82, 2.24) is 15.1 Å². The van der Waals surface area contributed by atoms with Gasteiger partial charge in [-0.05, 0) is 12.1 Å². The van der Waals surface area contributed by atoms with Gasteiger partial charge in [-0.25, -0.2) is 4.68 Å². The summed E-state index contributed by atoms with van der Waals surface area (Å²) in [7, 11) is 1.55. The maximum atomic E-state index is 12.5. The molecular weight excluding hydrogens is 310 g/mol. The molecule has 7 nitrogen and oxygen atoms in total. The van der Waals surface area contributed by atoms with E-state index in [1.54, 1.807) is 7.11 Å². The Balaban J connectivity index is 1.77. The molecule has 1 amide bonds. The van der Waals surface area contributed by atoms with Gasteiger partial charge in [-0.2, -0.15) is 5.10 Å². The zero-order valence-corrected chi connectivity index (χ0v) is 13.4. The fourth-order valence-electron chi connectivity index (χ4n) is 2.63. The second-order valence-electron chi connectivity index (χ2n) is 5.47. The van der Waals surface area contributed by atoms with Gasteiger partial charge in [0, 0.05) is 25.2 Å². The van der Waals surface area contributed by atoms with Gasteiger partial charge in [0.05, 0.1) is 25.8 Å². The lowest BCUT2D eigenvalue weighted by Gasteiger charge is -2.26. The molecule has 2 aromatic rings. The van der Waals surface area contributed by atoms with Crippen LogP contribution in [0.3, 0.4) is 0 Å². The Bertz CT molecular complexity index is 787. The average molecular weight is 329 g/mol. The Morgan fingerprint density at radius 2 is 2.21 bits per heavy atom. The molecule has 0 fully saturated rings. The number of para-hydroxylation sites is 1. The van der Waals surface area contributed by atoms with Gasteiger partial charge in [0.25, 0.3) is 11.5 Å². The molecule has 1 atom stereocenters. The van der Waals surface area contributed by atoms with E-state index in [0.717, 1.165) is 11.3 Å². The molecular formula is C17H19N3O4. The third-order valence-electron chi connectivity index (χ3n) is 3.87. The Morgan fingerprint density at radius 1 is 1.38 bits per heavy atom. The molecule has 0 aliphatic carbocycles. The van der Waals surface area contributed by atoms with Gasteiger partial charge in [0.15, 0.2) is 0 Å². The number of carbonyl (C=O) groups is 1. The van der Waals surface area contributed by atoms with Crippen molar-refractivity contribution in [3.63, 3.8) is 0 Å². The first-order valence-corrected chi connectivity index (χ1v) is 7.79. The Hall–Kier alpha value is -2.67. The first-order chi connectivity index (χ1) is 11.7. The van der Waals surface area contributed by atoms with Crippen LogP contribution in [0.2, 0.25) is 0 Å². The number of carbonyl (C=O) groups excluding carboxylic acids is 1. The fraction of sp³-hybridized carbons (Fsp3) is 0.353. The van der Waals surface area contributed by atoms with Crippen molar-refractivity contribution >= 4 is 5.91 Å². The molecule has 1 aliphatic rings. The highest BCUT2D eigenvalue weighted by molar-refractivity contribution is 5.92. The number of aromatic nitrogens is 2. The first kappa shape index (κ1) is 16.2. The van der Waals surface area contributed by atoms with Crippen LogP contribution < -0.4 is 15.6 Å². The molecule has 1 aliphatic heterocycles. The van der Waals surface area contributed by atoms with E-state index < -0.39 is 0 Å². The maximum absolute atomic E-state index is 12.5. The van der Waals surface area contributed by atoms with E-state index in [1.165, 1.54) is 16.8 Å². The summed E-state index contributed by atoms with van der Waals surface area (Å²) in [5.74, 6) is 0.468. The van der Waals surface area contributed by atoms with Crippen LogP contribution in [0.25, 0.3) is 0 Å². The zero-order chi connectivity index (χ0) is 16.9. The molecule has 0 unspecified atom stereocenters. The zero-order valence-electron chi connectivity index (χ0n) is 13.4. The van der Waals surface area contributed by atoms with Crippen LogP contribution in [0, 0.1) is 0 Å². The van der Waals surface area contributed by atoms with Crippen LogP contribution in [-0.4, -0.2) is 36.0 Å². The first-order valence-electron chi connectivity index (χ1n) is 7.79. The number of hydrogen-bond donors (Lipinski definition) is 1. The normalized spacial score (nSPS) is 16.1. The summed E-state index contributed by atoms with van der Waals surface area (Å²) in [4.78, 5) is 24.2. The number of nitrogens with zero attached hydrogens (tertiary/aromatic N) is 2. The minimum Gasteiger partial charge on any atom is -0.493 e. The third kappa shape index (κ3) is 3.46. The van der Waals surface area contributed by atoms with Crippen LogP contribution >= 0.6 is 0 Å². The number of ether oxygens (including phenoxy) is 2. The SMILES string of the molecule is COCCn1nc(C(=O)N[C@@H]2CCOc3ccccc32)ccc1=O. The Labute approximate surface area is 139 Å². The van der Waals surface area contributed by atoms with Crippen LogP contribution in [0.1, 0.15) is 28.5 Å². The minimum absolute atomic E-state index is 0.136. The smallest absolute Gasteiger partial charge is 0.272 e. The minimum atomic E-state index is -0.317. The molecule has 0 bridgehead atoms. The number of hydrogen-bond acceptors (Lipinski definition) is 5. The molecule has 7 heteroatoms. The number of methoxy groups -OCH3 is 1. The van der Waals surface area contributed by atoms with E-state index in [9.17, 15) is 9.59 Å². The van der Waals surface area contributed by atoms with Crippen molar-refractivity contribution in [2.75, 3.05) is 20.3 Å². The van der Waals surface area contributed by atoms with Crippen LogP contribution in [0.15, 0.2) is 41.2 Å². The third-order valence-corrected chi connectivity index (χ3v) is 3.87. The fourth-order valence-corrected chi connectivity index (χ4v) is 2.63. The van der Waals surface area contributed by atoms with E-state index in [2.05, 4.69) is 10.4 Å². The standard InChI is InChI=1S/C17H19N3O4/c1-23-11-9-20-16(21)7-6-14(19-20)17(22)18-13-8-10-24-15-5-3-2-4-12(13)15/h2-7,13H,8-11H2,1H3,(H,18,22)/t13-/m1/s1. The van der Waals surface area contributed by atoms with Gasteiger partial charge in [-0.1, -0.05) is 18.2 Å². The lowest BCUT2D eigenvalue weighted by atomic mass is 10.0. The molecule has 1 aromatic heterocycles. The molecule has 0 spiro atoms. The van der Waals surface area contributed by atoms with Crippen molar-refractivity contribution < 1.29 is 14.3 Å². The van der Waals surface area contributed by atoms with Gasteiger partial charge in [-0.15, -0.1) is 0 Å². The lowest BCUT2D eigenvalue weighted by molar-refractivity contribution is 0.0916. The Morgan fingerprint density at radius 3 is 3.04 bits per heavy atom. The molecule has 0 saturated carbocycles. The largest absolute Gasteiger partial charge is 0.493 e. The molecule has 3 rings (SSSR count). The van der Waals surface area contributed by atoms with Crippen LogP contribution in [0.4, 0.5) is 0 Å². The molecule has 0 saturated heterocycles. The van der Waals surface area contributed by atoms with Crippen LogP contribution in [0.5, 0.6) is 5.75 Å². The van der Waals surface area contributed by atoms with E-state index in [4.69, 9.17) is 9.47 Å². The summed E-state index contributed by atoms with van der Waals surface area (Å²) in [5.41, 5.74) is 0.888. The topological polar surface area (TPSA) is 82.5 Å². The van der Waals surface area contributed by atoms with Gasteiger partial charge < -0.3 is 14.8 Å². The summed E-state index contributed by atoms with van der Waals surface area (Å²) in [6, 6.07) is 10.3. The van der Waals surface area contributed by atoms with Crippen molar-refractivity contribution in [2.45, 2.75) is 19.0 Å². The van der Waals surface area contributed by atoms with Crippen LogP contribution in [-0.2, 0) is 11.3 Å². The number of benzene rings is 1. The van der Waals surface area contributed by atoms with Gasteiger partial charge >= 0.3 is 0 Å². The van der Waals surface area contributed by atoms with Crippen molar-refractivity contribution in [3.8, 4) is 5.75 Å². The highest BCUT2D eigenvalue weighted by Crippen LogP contribution is 2.31. The molecule has 24 heavy (non-hydrogen) atoms. The molecule has 0 radical (unpaired) electrons. The number of amides is 1. The van der Waals surface area contributed by atoms with Gasteiger partial charge in [0.2, 0.25) is 0 Å². The van der Waals surface area contributed by atoms with Gasteiger partial charge in [-0.3, -0.25) is 9.59 Å².